The zero-order valence-electron chi connectivity index (χ0n) is 22.1. The molecule has 0 aromatic heterocycles. The molecule has 0 amide bonds. The van der Waals surface area contributed by atoms with E-state index in [0.29, 0.717) is 28.6 Å². The van der Waals surface area contributed by atoms with Gasteiger partial charge in [0.05, 0.1) is 6.10 Å². The minimum absolute atomic E-state index is 0.0804. The molecule has 4 rings (SSSR count). The van der Waals surface area contributed by atoms with Crippen LogP contribution in [0.2, 0.25) is 0 Å². The second-order valence-corrected chi connectivity index (χ2v) is 13.1. The average molecular weight is 439 g/mol. The van der Waals surface area contributed by atoms with Crippen molar-refractivity contribution in [2.45, 2.75) is 119 Å². The number of aliphatic hydroxyl groups is 1. The Hall–Kier alpha value is -0.820. The van der Waals surface area contributed by atoms with E-state index in [0.717, 1.165) is 18.3 Å². The molecule has 0 radical (unpaired) electrons. The van der Waals surface area contributed by atoms with E-state index in [1.165, 1.54) is 63.4 Å². The minimum Gasteiger partial charge on any atom is -0.393 e. The van der Waals surface area contributed by atoms with E-state index in [4.69, 9.17) is 0 Å². The molecule has 7 atom stereocenters. The maximum atomic E-state index is 10.9. The standard InChI is InChI=1S/C31H50O/c1-20(2)9-8-10-22(5)25-13-14-26-23-11-12-27-24(19-21(3)4)29(32)16-18-31(27,7)28(23)15-17-30(25,26)6/h9,14,21-22,24-25,27,29,32H,8,10-13,15-19H2,1-7H3/t22-,24?,25-,27?,29?,30-,31+/m1/s1. The Morgan fingerprint density at radius 2 is 1.84 bits per heavy atom. The Balaban J connectivity index is 1.58. The number of hydrogen-bond acceptors (Lipinski definition) is 1. The second-order valence-electron chi connectivity index (χ2n) is 13.1. The summed E-state index contributed by atoms with van der Waals surface area (Å²) in [4.78, 5) is 0. The van der Waals surface area contributed by atoms with E-state index in [2.05, 4.69) is 60.6 Å². The largest absolute Gasteiger partial charge is 0.393 e. The molecule has 1 heteroatoms. The highest BCUT2D eigenvalue weighted by atomic mass is 16.3. The van der Waals surface area contributed by atoms with Crippen molar-refractivity contribution in [1.29, 1.82) is 0 Å². The van der Waals surface area contributed by atoms with Gasteiger partial charge in [-0.3, -0.25) is 0 Å². The summed E-state index contributed by atoms with van der Waals surface area (Å²) in [6.07, 6.45) is 17.4. The van der Waals surface area contributed by atoms with Crippen LogP contribution in [0.4, 0.5) is 0 Å². The van der Waals surface area contributed by atoms with Crippen molar-refractivity contribution in [3.8, 4) is 0 Å². The van der Waals surface area contributed by atoms with E-state index in [1.54, 1.807) is 11.1 Å². The van der Waals surface area contributed by atoms with Gasteiger partial charge in [-0.15, -0.1) is 0 Å². The molecule has 1 fully saturated rings. The number of fused-ring (bicyclic) bond motifs is 4. The van der Waals surface area contributed by atoms with Gasteiger partial charge in [0.2, 0.25) is 0 Å². The predicted octanol–water partition coefficient (Wildman–Crippen LogP) is 8.65. The van der Waals surface area contributed by atoms with Crippen molar-refractivity contribution in [3.63, 3.8) is 0 Å². The number of hydrogen-bond donors (Lipinski definition) is 1. The summed E-state index contributed by atoms with van der Waals surface area (Å²) in [6, 6.07) is 0. The Morgan fingerprint density at radius 1 is 1.09 bits per heavy atom. The lowest BCUT2D eigenvalue weighted by Crippen LogP contribution is -2.49. The molecular weight excluding hydrogens is 388 g/mol. The number of aliphatic hydroxyl groups excluding tert-OH is 1. The predicted molar refractivity (Wildman–Crippen MR) is 137 cm³/mol. The van der Waals surface area contributed by atoms with E-state index in [9.17, 15) is 5.11 Å². The summed E-state index contributed by atoms with van der Waals surface area (Å²) < 4.78 is 0. The highest BCUT2D eigenvalue weighted by Crippen LogP contribution is 2.65. The third-order valence-electron chi connectivity index (χ3n) is 10.4. The fourth-order valence-corrected chi connectivity index (χ4v) is 8.70. The summed E-state index contributed by atoms with van der Waals surface area (Å²) in [5, 5.41) is 10.9. The molecule has 1 saturated carbocycles. The van der Waals surface area contributed by atoms with Crippen LogP contribution in [0.5, 0.6) is 0 Å². The van der Waals surface area contributed by atoms with Crippen molar-refractivity contribution in [3.05, 3.63) is 34.4 Å². The molecular formula is C31H50O. The van der Waals surface area contributed by atoms with Gasteiger partial charge in [-0.1, -0.05) is 57.9 Å². The highest BCUT2D eigenvalue weighted by molar-refractivity contribution is 5.49. The van der Waals surface area contributed by atoms with Gasteiger partial charge >= 0.3 is 0 Å². The summed E-state index contributed by atoms with van der Waals surface area (Å²) in [5.74, 6) is 3.45. The third kappa shape index (κ3) is 4.10. The molecule has 0 aromatic rings. The van der Waals surface area contributed by atoms with Crippen LogP contribution < -0.4 is 0 Å². The van der Waals surface area contributed by atoms with Crippen molar-refractivity contribution in [2.24, 2.45) is 40.4 Å². The lowest BCUT2D eigenvalue weighted by atomic mass is 9.49. The summed E-state index contributed by atoms with van der Waals surface area (Å²) in [7, 11) is 0. The summed E-state index contributed by atoms with van der Waals surface area (Å²) >= 11 is 0. The van der Waals surface area contributed by atoms with Crippen LogP contribution >= 0.6 is 0 Å². The summed E-state index contributed by atoms with van der Waals surface area (Å²) in [6.45, 7) is 16.8. The molecule has 0 aromatic carbocycles. The zero-order valence-corrected chi connectivity index (χ0v) is 22.1. The quantitative estimate of drug-likeness (QED) is 0.411. The Kier molecular flexibility index (Phi) is 6.90. The number of allylic oxidation sites excluding steroid dienone is 6. The van der Waals surface area contributed by atoms with Gasteiger partial charge in [0.25, 0.3) is 0 Å². The molecule has 0 aliphatic heterocycles. The number of rotatable bonds is 6. The second kappa shape index (κ2) is 9.09. The third-order valence-corrected chi connectivity index (χ3v) is 10.4. The van der Waals surface area contributed by atoms with Crippen molar-refractivity contribution in [2.75, 3.05) is 0 Å². The molecule has 1 N–H and O–H groups in total. The van der Waals surface area contributed by atoms with Crippen LogP contribution in [0.1, 0.15) is 113 Å². The SMILES string of the molecule is CC(C)=CCC[C@@H](C)[C@H]1CC=C2C3=C(CC[C@@]21C)[C@@]1(C)CCC(O)C(CC(C)C)C1CC3. The van der Waals surface area contributed by atoms with Gasteiger partial charge in [0.1, 0.15) is 0 Å². The Morgan fingerprint density at radius 3 is 2.53 bits per heavy atom. The molecule has 0 spiro atoms. The zero-order chi connectivity index (χ0) is 23.3. The molecule has 32 heavy (non-hydrogen) atoms. The molecule has 4 aliphatic carbocycles. The molecule has 4 aliphatic rings. The van der Waals surface area contributed by atoms with Crippen molar-refractivity contribution < 1.29 is 5.11 Å². The van der Waals surface area contributed by atoms with Crippen molar-refractivity contribution in [1.82, 2.24) is 0 Å². The van der Waals surface area contributed by atoms with Gasteiger partial charge in [0, 0.05) is 0 Å². The first-order valence-corrected chi connectivity index (χ1v) is 13.8. The topological polar surface area (TPSA) is 20.2 Å². The molecule has 180 valence electrons. The normalized spacial score (nSPS) is 39.8. The van der Waals surface area contributed by atoms with Crippen LogP contribution in [-0.2, 0) is 0 Å². The van der Waals surface area contributed by atoms with E-state index in [-0.39, 0.29) is 6.10 Å². The fourth-order valence-electron chi connectivity index (χ4n) is 8.70. The van der Waals surface area contributed by atoms with Crippen LogP contribution in [0, 0.1) is 40.4 Å². The first-order chi connectivity index (χ1) is 15.1. The molecule has 0 saturated heterocycles. The average Bonchev–Trinajstić information content (AvgIpc) is 3.07. The Labute approximate surface area is 198 Å². The maximum Gasteiger partial charge on any atom is 0.0571 e. The van der Waals surface area contributed by atoms with E-state index in [1.807, 2.05) is 5.57 Å². The van der Waals surface area contributed by atoms with Gasteiger partial charge in [-0.05, 0) is 130 Å². The first-order valence-electron chi connectivity index (χ1n) is 13.8. The van der Waals surface area contributed by atoms with Crippen LogP contribution in [0.25, 0.3) is 0 Å². The first kappa shape index (κ1) is 24.3. The van der Waals surface area contributed by atoms with Crippen LogP contribution in [0.15, 0.2) is 34.4 Å². The van der Waals surface area contributed by atoms with Gasteiger partial charge in [0.15, 0.2) is 0 Å². The van der Waals surface area contributed by atoms with Crippen molar-refractivity contribution >= 4 is 0 Å². The van der Waals surface area contributed by atoms with Gasteiger partial charge in [-0.25, -0.2) is 0 Å². The monoisotopic (exact) mass is 438 g/mol. The fraction of sp³-hybridized carbons (Fsp3) is 0.806. The lowest BCUT2D eigenvalue weighted by molar-refractivity contribution is -0.0453. The van der Waals surface area contributed by atoms with Gasteiger partial charge in [-0.2, -0.15) is 0 Å². The minimum atomic E-state index is -0.0804. The lowest BCUT2D eigenvalue weighted by Gasteiger charge is -2.56. The smallest absolute Gasteiger partial charge is 0.0571 e. The summed E-state index contributed by atoms with van der Waals surface area (Å²) in [5.41, 5.74) is 7.51. The highest BCUT2D eigenvalue weighted by Gasteiger charge is 2.55. The maximum absolute atomic E-state index is 10.9. The van der Waals surface area contributed by atoms with Crippen LogP contribution in [-0.4, -0.2) is 11.2 Å². The molecule has 3 unspecified atom stereocenters. The molecule has 0 heterocycles. The Bertz CT molecular complexity index is 793. The molecule has 1 nitrogen and oxygen atoms in total. The molecule has 0 bridgehead atoms. The van der Waals surface area contributed by atoms with Crippen LogP contribution in [0.3, 0.4) is 0 Å². The van der Waals surface area contributed by atoms with Gasteiger partial charge < -0.3 is 5.11 Å². The van der Waals surface area contributed by atoms with E-state index >= 15 is 0 Å². The van der Waals surface area contributed by atoms with E-state index < -0.39 is 0 Å².